The van der Waals surface area contributed by atoms with Crippen LogP contribution in [0.15, 0.2) is 48.5 Å². The van der Waals surface area contributed by atoms with Crippen LogP contribution in [0.4, 0.5) is 0 Å². The molecule has 0 bridgehead atoms. The molecule has 0 radical (unpaired) electrons. The zero-order valence-corrected chi connectivity index (χ0v) is 15.4. The van der Waals surface area contributed by atoms with Crippen LogP contribution in [0.5, 0.6) is 0 Å². The number of carbonyl (C=O) groups excluding carboxylic acids is 1. The summed E-state index contributed by atoms with van der Waals surface area (Å²) in [7, 11) is 0. The standard InChI is InChI=1S/C21H25ClN2O/c1-16-9-3-4-10-17(16)21(25)23-15-20(24-13-7-2-8-14-24)18-11-5-6-12-19(18)22/h3-6,9-12,20H,2,7-8,13-15H2,1H3,(H,23,25). The van der Waals surface area contributed by atoms with Gasteiger partial charge in [-0.05, 0) is 56.1 Å². The van der Waals surface area contributed by atoms with Gasteiger partial charge in [-0.2, -0.15) is 0 Å². The molecule has 1 N–H and O–H groups in total. The molecule has 1 unspecified atom stereocenters. The minimum atomic E-state index is -0.0211. The lowest BCUT2D eigenvalue weighted by Crippen LogP contribution is -2.40. The van der Waals surface area contributed by atoms with E-state index in [9.17, 15) is 4.79 Å². The maximum atomic E-state index is 12.6. The largest absolute Gasteiger partial charge is 0.350 e. The molecule has 25 heavy (non-hydrogen) atoms. The highest BCUT2D eigenvalue weighted by atomic mass is 35.5. The van der Waals surface area contributed by atoms with E-state index < -0.39 is 0 Å². The van der Waals surface area contributed by atoms with Crippen molar-refractivity contribution in [1.29, 1.82) is 0 Å². The van der Waals surface area contributed by atoms with Crippen LogP contribution in [0.25, 0.3) is 0 Å². The molecule has 3 nitrogen and oxygen atoms in total. The third-order valence-corrected chi connectivity index (χ3v) is 5.29. The summed E-state index contributed by atoms with van der Waals surface area (Å²) in [6.45, 7) is 4.63. The number of carbonyl (C=O) groups is 1. The molecule has 2 aromatic carbocycles. The Morgan fingerprint density at radius 2 is 1.76 bits per heavy atom. The van der Waals surface area contributed by atoms with Gasteiger partial charge in [0.05, 0.1) is 6.04 Å². The summed E-state index contributed by atoms with van der Waals surface area (Å²) in [5.41, 5.74) is 2.82. The lowest BCUT2D eigenvalue weighted by molar-refractivity contribution is 0.0924. The Kier molecular flexibility index (Phi) is 6.11. The summed E-state index contributed by atoms with van der Waals surface area (Å²) in [6.07, 6.45) is 3.68. The Bertz CT molecular complexity index is 725. The van der Waals surface area contributed by atoms with Crippen molar-refractivity contribution < 1.29 is 4.79 Å². The number of rotatable bonds is 5. The van der Waals surface area contributed by atoms with Crippen molar-refractivity contribution >= 4 is 17.5 Å². The van der Waals surface area contributed by atoms with Gasteiger partial charge in [0.25, 0.3) is 5.91 Å². The number of hydrogen-bond donors (Lipinski definition) is 1. The molecule has 0 aromatic heterocycles. The molecule has 1 heterocycles. The molecule has 0 aliphatic carbocycles. The van der Waals surface area contributed by atoms with Gasteiger partial charge in [-0.1, -0.05) is 54.4 Å². The van der Waals surface area contributed by atoms with Crippen LogP contribution in [0.1, 0.15) is 46.8 Å². The first-order valence-electron chi connectivity index (χ1n) is 8.99. The van der Waals surface area contributed by atoms with Gasteiger partial charge in [0, 0.05) is 17.1 Å². The highest BCUT2D eigenvalue weighted by molar-refractivity contribution is 6.31. The fraction of sp³-hybridized carbons (Fsp3) is 0.381. The number of amides is 1. The summed E-state index contributed by atoms with van der Waals surface area (Å²) < 4.78 is 0. The number of nitrogens with one attached hydrogen (secondary N) is 1. The van der Waals surface area contributed by atoms with Crippen molar-refractivity contribution in [2.45, 2.75) is 32.2 Å². The van der Waals surface area contributed by atoms with Crippen molar-refractivity contribution in [3.05, 3.63) is 70.2 Å². The van der Waals surface area contributed by atoms with E-state index in [2.05, 4.69) is 16.3 Å². The second-order valence-electron chi connectivity index (χ2n) is 6.66. The van der Waals surface area contributed by atoms with E-state index in [0.29, 0.717) is 6.54 Å². The summed E-state index contributed by atoms with van der Waals surface area (Å²) in [6, 6.07) is 15.8. The fourth-order valence-electron chi connectivity index (χ4n) is 3.52. The minimum Gasteiger partial charge on any atom is -0.350 e. The van der Waals surface area contributed by atoms with Gasteiger partial charge in [-0.15, -0.1) is 0 Å². The quantitative estimate of drug-likeness (QED) is 0.848. The van der Waals surface area contributed by atoms with Crippen molar-refractivity contribution in [3.63, 3.8) is 0 Å². The van der Waals surface area contributed by atoms with E-state index in [4.69, 9.17) is 11.6 Å². The van der Waals surface area contributed by atoms with E-state index in [-0.39, 0.29) is 11.9 Å². The Balaban J connectivity index is 1.77. The number of likely N-dealkylation sites (tertiary alicyclic amines) is 1. The van der Waals surface area contributed by atoms with E-state index in [1.807, 2.05) is 49.4 Å². The van der Waals surface area contributed by atoms with E-state index in [1.54, 1.807) is 0 Å². The monoisotopic (exact) mass is 356 g/mol. The number of nitrogens with zero attached hydrogens (tertiary/aromatic N) is 1. The maximum Gasteiger partial charge on any atom is 0.251 e. The average Bonchev–Trinajstić information content (AvgIpc) is 2.64. The molecule has 1 aliphatic heterocycles. The van der Waals surface area contributed by atoms with Gasteiger partial charge < -0.3 is 5.32 Å². The van der Waals surface area contributed by atoms with Crippen LogP contribution in [-0.2, 0) is 0 Å². The summed E-state index contributed by atoms with van der Waals surface area (Å²) in [5.74, 6) is -0.0211. The molecular formula is C21H25ClN2O. The third-order valence-electron chi connectivity index (χ3n) is 4.94. The molecule has 0 spiro atoms. The first kappa shape index (κ1) is 18.0. The van der Waals surface area contributed by atoms with Gasteiger partial charge in [0.2, 0.25) is 0 Å². The van der Waals surface area contributed by atoms with Crippen LogP contribution < -0.4 is 5.32 Å². The molecule has 2 aromatic rings. The number of benzene rings is 2. The fourth-order valence-corrected chi connectivity index (χ4v) is 3.79. The summed E-state index contributed by atoms with van der Waals surface area (Å²) >= 11 is 6.46. The van der Waals surface area contributed by atoms with Crippen molar-refractivity contribution in [1.82, 2.24) is 10.2 Å². The van der Waals surface area contributed by atoms with Gasteiger partial charge >= 0.3 is 0 Å². The van der Waals surface area contributed by atoms with Crippen LogP contribution >= 0.6 is 11.6 Å². The van der Waals surface area contributed by atoms with Crippen molar-refractivity contribution in [2.24, 2.45) is 0 Å². The lowest BCUT2D eigenvalue weighted by atomic mass is 10.0. The van der Waals surface area contributed by atoms with E-state index >= 15 is 0 Å². The number of aryl methyl sites for hydroxylation is 1. The molecular weight excluding hydrogens is 332 g/mol. The molecule has 0 saturated carbocycles. The van der Waals surface area contributed by atoms with Crippen molar-refractivity contribution in [2.75, 3.05) is 19.6 Å². The van der Waals surface area contributed by atoms with E-state index in [0.717, 1.165) is 34.8 Å². The van der Waals surface area contributed by atoms with Gasteiger partial charge in [0.15, 0.2) is 0 Å². The molecule has 3 rings (SSSR count). The Morgan fingerprint density at radius 3 is 2.48 bits per heavy atom. The normalized spacial score (nSPS) is 16.4. The molecule has 1 saturated heterocycles. The smallest absolute Gasteiger partial charge is 0.251 e. The highest BCUT2D eigenvalue weighted by Crippen LogP contribution is 2.29. The number of halogens is 1. The zero-order valence-electron chi connectivity index (χ0n) is 14.7. The van der Waals surface area contributed by atoms with Gasteiger partial charge in [0.1, 0.15) is 0 Å². The average molecular weight is 357 g/mol. The van der Waals surface area contributed by atoms with E-state index in [1.165, 1.54) is 19.3 Å². The van der Waals surface area contributed by atoms with Crippen LogP contribution in [0.2, 0.25) is 5.02 Å². The Hall–Kier alpha value is -1.84. The predicted molar refractivity (Wildman–Crippen MR) is 103 cm³/mol. The number of piperidine rings is 1. The highest BCUT2D eigenvalue weighted by Gasteiger charge is 2.24. The van der Waals surface area contributed by atoms with Crippen LogP contribution in [-0.4, -0.2) is 30.4 Å². The maximum absolute atomic E-state index is 12.6. The second-order valence-corrected chi connectivity index (χ2v) is 7.07. The van der Waals surface area contributed by atoms with Crippen LogP contribution in [0.3, 0.4) is 0 Å². The lowest BCUT2D eigenvalue weighted by Gasteiger charge is -2.35. The molecule has 4 heteroatoms. The molecule has 1 atom stereocenters. The summed E-state index contributed by atoms with van der Waals surface area (Å²) in [5, 5.41) is 3.89. The van der Waals surface area contributed by atoms with Crippen LogP contribution in [0, 0.1) is 6.92 Å². The molecule has 1 fully saturated rings. The first-order chi connectivity index (χ1) is 12.2. The SMILES string of the molecule is Cc1ccccc1C(=O)NCC(c1ccccc1Cl)N1CCCCC1. The zero-order chi connectivity index (χ0) is 17.6. The van der Waals surface area contributed by atoms with Gasteiger partial charge in [-0.25, -0.2) is 0 Å². The topological polar surface area (TPSA) is 32.3 Å². The Morgan fingerprint density at radius 1 is 1.08 bits per heavy atom. The first-order valence-corrected chi connectivity index (χ1v) is 9.37. The summed E-state index contributed by atoms with van der Waals surface area (Å²) in [4.78, 5) is 15.1. The predicted octanol–water partition coefficient (Wildman–Crippen LogP) is 4.61. The van der Waals surface area contributed by atoms with Crippen molar-refractivity contribution in [3.8, 4) is 0 Å². The molecule has 1 amide bonds. The third kappa shape index (κ3) is 4.42. The second kappa shape index (κ2) is 8.50. The van der Waals surface area contributed by atoms with Gasteiger partial charge in [-0.3, -0.25) is 9.69 Å². The molecule has 132 valence electrons. The minimum absolute atomic E-state index is 0.0211. The number of hydrogen-bond acceptors (Lipinski definition) is 2. The Labute approximate surface area is 155 Å². The molecule has 1 aliphatic rings.